The summed E-state index contributed by atoms with van der Waals surface area (Å²) in [5.74, 6) is -2.58. The molecule has 1 aliphatic rings. The highest BCUT2D eigenvalue weighted by molar-refractivity contribution is 7.91. The molecule has 0 radical (unpaired) electrons. The molecule has 0 aliphatic heterocycles. The number of methoxy groups -OCH3 is 1. The minimum absolute atomic E-state index is 0.235. The van der Waals surface area contributed by atoms with Crippen LogP contribution in [0.3, 0.4) is 0 Å². The van der Waals surface area contributed by atoms with Crippen LogP contribution in [0.25, 0.3) is 0 Å². The molecule has 0 amide bonds. The summed E-state index contributed by atoms with van der Waals surface area (Å²) in [6.07, 6.45) is 0.990. The van der Waals surface area contributed by atoms with Gasteiger partial charge in [-0.2, -0.15) is 0 Å². The van der Waals surface area contributed by atoms with Crippen molar-refractivity contribution < 1.29 is 27.4 Å². The minimum Gasteiger partial charge on any atom is -0.481 e. The molecule has 0 spiro atoms. The van der Waals surface area contributed by atoms with Gasteiger partial charge in [-0.1, -0.05) is 12.1 Å². The van der Waals surface area contributed by atoms with Crippen molar-refractivity contribution in [1.29, 1.82) is 0 Å². The monoisotopic (exact) mass is 302 g/mol. The van der Waals surface area contributed by atoms with Crippen LogP contribution in [0.5, 0.6) is 0 Å². The second kappa shape index (κ2) is 4.82. The number of aliphatic carboxylic acids is 1. The summed E-state index contributed by atoms with van der Waals surface area (Å²) in [6.45, 7) is -0.235. The standard InChI is InChI=1S/C13H15FO5S/c1-19-7-13(12(15)16)10(11(13)20(2,17)18)8-4-3-5-9(14)6-8/h3-6,10-11H,7H2,1-2H3,(H,15,16)/t10-,11+,13-/m0/s1. The van der Waals surface area contributed by atoms with E-state index in [1.807, 2.05) is 0 Å². The van der Waals surface area contributed by atoms with Gasteiger partial charge in [0.15, 0.2) is 9.84 Å². The Labute approximate surface area is 116 Å². The van der Waals surface area contributed by atoms with Crippen LogP contribution < -0.4 is 0 Å². The lowest BCUT2D eigenvalue weighted by atomic mass is 10.00. The van der Waals surface area contributed by atoms with E-state index in [2.05, 4.69) is 0 Å². The molecule has 0 bridgehead atoms. The molecule has 1 N–H and O–H groups in total. The van der Waals surface area contributed by atoms with Crippen molar-refractivity contribution in [2.24, 2.45) is 5.41 Å². The molecule has 110 valence electrons. The molecule has 1 aliphatic carbocycles. The van der Waals surface area contributed by atoms with Gasteiger partial charge in [-0.3, -0.25) is 4.79 Å². The zero-order chi connectivity index (χ0) is 15.1. The van der Waals surface area contributed by atoms with Crippen LogP contribution in [0.4, 0.5) is 4.39 Å². The highest BCUT2D eigenvalue weighted by atomic mass is 32.2. The second-order valence-electron chi connectivity index (χ2n) is 5.06. The first-order valence-electron chi connectivity index (χ1n) is 5.92. The van der Waals surface area contributed by atoms with E-state index in [1.54, 1.807) is 0 Å². The number of carbonyl (C=O) groups is 1. The van der Waals surface area contributed by atoms with E-state index in [9.17, 15) is 22.7 Å². The van der Waals surface area contributed by atoms with Gasteiger partial charge in [0, 0.05) is 19.3 Å². The van der Waals surface area contributed by atoms with E-state index in [0.717, 1.165) is 6.26 Å². The van der Waals surface area contributed by atoms with Gasteiger partial charge in [-0.05, 0) is 17.7 Å². The van der Waals surface area contributed by atoms with Gasteiger partial charge < -0.3 is 9.84 Å². The molecule has 0 saturated heterocycles. The van der Waals surface area contributed by atoms with Gasteiger partial charge in [-0.15, -0.1) is 0 Å². The summed E-state index contributed by atoms with van der Waals surface area (Å²) in [6, 6.07) is 5.36. The van der Waals surface area contributed by atoms with Gasteiger partial charge in [0.05, 0.1) is 11.9 Å². The normalized spacial score (nSPS) is 29.1. The number of rotatable bonds is 5. The smallest absolute Gasteiger partial charge is 0.314 e. The number of benzene rings is 1. The van der Waals surface area contributed by atoms with Crippen LogP contribution in [0.1, 0.15) is 11.5 Å². The largest absolute Gasteiger partial charge is 0.481 e. The van der Waals surface area contributed by atoms with E-state index in [1.165, 1.54) is 31.4 Å². The predicted molar refractivity (Wildman–Crippen MR) is 69.7 cm³/mol. The Balaban J connectivity index is 2.53. The summed E-state index contributed by atoms with van der Waals surface area (Å²) in [5.41, 5.74) is -1.18. The summed E-state index contributed by atoms with van der Waals surface area (Å²) in [5, 5.41) is 8.33. The first kappa shape index (κ1) is 14.9. The second-order valence-corrected chi connectivity index (χ2v) is 7.23. The Kier molecular flexibility index (Phi) is 3.60. The number of sulfone groups is 1. The fourth-order valence-corrected chi connectivity index (χ4v) is 4.83. The zero-order valence-electron chi connectivity index (χ0n) is 11.0. The topological polar surface area (TPSA) is 80.7 Å². The van der Waals surface area contributed by atoms with Crippen molar-refractivity contribution in [3.05, 3.63) is 35.6 Å². The number of carboxylic acid groups (broad SMARTS) is 1. The lowest BCUT2D eigenvalue weighted by molar-refractivity contribution is -0.145. The summed E-state index contributed by atoms with van der Waals surface area (Å²) < 4.78 is 41.9. The lowest BCUT2D eigenvalue weighted by Gasteiger charge is -2.11. The van der Waals surface area contributed by atoms with Crippen molar-refractivity contribution in [2.75, 3.05) is 20.0 Å². The molecule has 3 atom stereocenters. The van der Waals surface area contributed by atoms with Crippen molar-refractivity contribution in [3.63, 3.8) is 0 Å². The Hall–Kier alpha value is -1.47. The molecular weight excluding hydrogens is 287 g/mol. The number of carboxylic acids is 1. The molecule has 7 heteroatoms. The molecular formula is C13H15FO5S. The lowest BCUT2D eigenvalue weighted by Crippen LogP contribution is -2.28. The number of ether oxygens (including phenoxy) is 1. The third-order valence-electron chi connectivity index (χ3n) is 3.71. The van der Waals surface area contributed by atoms with Crippen LogP contribution in [-0.4, -0.2) is 44.7 Å². The van der Waals surface area contributed by atoms with Gasteiger partial charge >= 0.3 is 5.97 Å². The molecule has 0 unspecified atom stereocenters. The number of halogens is 1. The zero-order valence-corrected chi connectivity index (χ0v) is 11.9. The van der Waals surface area contributed by atoms with Crippen molar-refractivity contribution in [1.82, 2.24) is 0 Å². The molecule has 1 aromatic rings. The Morgan fingerprint density at radius 1 is 1.50 bits per heavy atom. The first-order chi connectivity index (χ1) is 9.25. The number of hydrogen-bond donors (Lipinski definition) is 1. The maximum absolute atomic E-state index is 13.3. The fraction of sp³-hybridized carbons (Fsp3) is 0.462. The molecule has 0 heterocycles. The summed E-state index contributed by atoms with van der Waals surface area (Å²) >= 11 is 0. The predicted octanol–water partition coefficient (Wildman–Crippen LogP) is 1.05. The van der Waals surface area contributed by atoms with Crippen LogP contribution in [0.15, 0.2) is 24.3 Å². The quantitative estimate of drug-likeness (QED) is 0.879. The van der Waals surface area contributed by atoms with Gasteiger partial charge in [-0.25, -0.2) is 12.8 Å². The third-order valence-corrected chi connectivity index (χ3v) is 5.32. The van der Waals surface area contributed by atoms with Crippen LogP contribution in [-0.2, 0) is 19.4 Å². The van der Waals surface area contributed by atoms with Crippen molar-refractivity contribution >= 4 is 15.8 Å². The molecule has 5 nitrogen and oxygen atoms in total. The fourth-order valence-electron chi connectivity index (χ4n) is 2.93. The van der Waals surface area contributed by atoms with Gasteiger partial charge in [0.2, 0.25) is 0 Å². The molecule has 1 saturated carbocycles. The average Bonchev–Trinajstić information content (AvgIpc) is 3.00. The molecule has 1 aromatic carbocycles. The Morgan fingerprint density at radius 3 is 2.60 bits per heavy atom. The highest BCUT2D eigenvalue weighted by Crippen LogP contribution is 2.63. The third kappa shape index (κ3) is 2.20. The minimum atomic E-state index is -3.60. The Bertz CT molecular complexity index is 642. The maximum Gasteiger partial charge on any atom is 0.314 e. The van der Waals surface area contributed by atoms with Crippen molar-refractivity contribution in [2.45, 2.75) is 11.2 Å². The highest BCUT2D eigenvalue weighted by Gasteiger charge is 2.75. The first-order valence-corrected chi connectivity index (χ1v) is 7.87. The molecule has 20 heavy (non-hydrogen) atoms. The number of hydrogen-bond acceptors (Lipinski definition) is 4. The SMILES string of the molecule is COC[C@@]1(C(=O)O)[C@H](S(C)(=O)=O)[C@@H]1c1cccc(F)c1. The van der Waals surface area contributed by atoms with E-state index in [4.69, 9.17) is 4.74 Å². The molecule has 0 aromatic heterocycles. The summed E-state index contributed by atoms with van der Waals surface area (Å²) in [7, 11) is -2.29. The molecule has 1 fully saturated rings. The summed E-state index contributed by atoms with van der Waals surface area (Å²) in [4.78, 5) is 11.6. The van der Waals surface area contributed by atoms with E-state index < -0.39 is 38.2 Å². The maximum atomic E-state index is 13.3. The molecule has 2 rings (SSSR count). The van der Waals surface area contributed by atoms with Crippen LogP contribution in [0, 0.1) is 11.2 Å². The van der Waals surface area contributed by atoms with Crippen molar-refractivity contribution in [3.8, 4) is 0 Å². The van der Waals surface area contributed by atoms with E-state index in [-0.39, 0.29) is 6.61 Å². The van der Waals surface area contributed by atoms with Gasteiger partial charge in [0.25, 0.3) is 0 Å². The van der Waals surface area contributed by atoms with Gasteiger partial charge in [0.1, 0.15) is 11.2 Å². The van der Waals surface area contributed by atoms with E-state index in [0.29, 0.717) is 5.56 Å². The van der Waals surface area contributed by atoms with Crippen LogP contribution >= 0.6 is 0 Å². The Morgan fingerprint density at radius 2 is 2.15 bits per heavy atom. The van der Waals surface area contributed by atoms with E-state index >= 15 is 0 Å². The van der Waals surface area contributed by atoms with Crippen LogP contribution in [0.2, 0.25) is 0 Å². The average molecular weight is 302 g/mol.